The number of unbranched alkanes of at least 4 members (excludes halogenated alkanes) is 4. The number of aromatic nitrogens is 2. The third kappa shape index (κ3) is 7.95. The van der Waals surface area contributed by atoms with Gasteiger partial charge >= 0.3 is 0 Å². The van der Waals surface area contributed by atoms with E-state index in [0.29, 0.717) is 45.2 Å². The van der Waals surface area contributed by atoms with Crippen molar-refractivity contribution in [3.05, 3.63) is 68.8 Å². The first-order valence-corrected chi connectivity index (χ1v) is 14.6. The maximum Gasteiger partial charge on any atom is 0.276 e. The van der Waals surface area contributed by atoms with Crippen LogP contribution in [-0.4, -0.2) is 43.9 Å². The minimum absolute atomic E-state index is 0.234. The molecule has 2 N–H and O–H groups in total. The number of carbonyl (C=O) groups is 1. The molecule has 194 valence electrons. The number of amides is 1. The number of benzene rings is 2. The minimum Gasteiger partial charge on any atom is -0.306 e. The Bertz CT molecular complexity index is 1290. The van der Waals surface area contributed by atoms with Crippen LogP contribution in [0.25, 0.3) is 11.3 Å². The van der Waals surface area contributed by atoms with Gasteiger partial charge < -0.3 is 4.90 Å². The fraction of sp³-hybridized carbons (Fsp3) is 0.360. The second-order valence-electron chi connectivity index (χ2n) is 8.57. The standard InChI is InChI=1S/C25H29Cl3N4O3S/c1-17-23(18-8-10-19(26)11-9-18)30-31-24(17)25(33)32(22-13-12-20(27)16-21(22)28)15-7-5-3-4-6-14-29-36(2,34)35/h8-13,16,29H,3-7,14-15H2,1-2H3,(H,30,31). The van der Waals surface area contributed by atoms with Crippen LogP contribution in [0, 0.1) is 6.92 Å². The monoisotopic (exact) mass is 570 g/mol. The van der Waals surface area contributed by atoms with Crippen molar-refractivity contribution in [2.24, 2.45) is 0 Å². The van der Waals surface area contributed by atoms with Crippen molar-refractivity contribution in [3.63, 3.8) is 0 Å². The van der Waals surface area contributed by atoms with E-state index in [1.165, 1.54) is 0 Å². The largest absolute Gasteiger partial charge is 0.306 e. The number of nitrogens with zero attached hydrogens (tertiary/aromatic N) is 2. The Morgan fingerprint density at radius 3 is 2.28 bits per heavy atom. The Hall–Kier alpha value is -2.10. The summed E-state index contributed by atoms with van der Waals surface area (Å²) in [6.45, 7) is 2.74. The number of anilines is 1. The van der Waals surface area contributed by atoms with E-state index in [4.69, 9.17) is 34.8 Å². The van der Waals surface area contributed by atoms with Crippen molar-refractivity contribution < 1.29 is 13.2 Å². The Kier molecular flexibility index (Phi) is 10.2. The van der Waals surface area contributed by atoms with E-state index >= 15 is 0 Å². The number of hydrogen-bond acceptors (Lipinski definition) is 4. The quantitative estimate of drug-likeness (QED) is 0.243. The van der Waals surface area contributed by atoms with Crippen LogP contribution in [0.1, 0.15) is 48.2 Å². The van der Waals surface area contributed by atoms with E-state index in [-0.39, 0.29) is 5.91 Å². The molecule has 2 aromatic carbocycles. The summed E-state index contributed by atoms with van der Waals surface area (Å²) in [6.07, 6.45) is 5.36. The predicted octanol–water partition coefficient (Wildman–Crippen LogP) is 6.49. The average Bonchev–Trinajstić information content (AvgIpc) is 3.19. The topological polar surface area (TPSA) is 95.2 Å². The molecular weight excluding hydrogens is 543 g/mol. The minimum atomic E-state index is -3.16. The fourth-order valence-electron chi connectivity index (χ4n) is 3.84. The van der Waals surface area contributed by atoms with Crippen molar-refractivity contribution in [1.29, 1.82) is 0 Å². The first-order chi connectivity index (χ1) is 17.1. The van der Waals surface area contributed by atoms with Crippen LogP contribution < -0.4 is 9.62 Å². The Morgan fingerprint density at radius 2 is 1.61 bits per heavy atom. The first kappa shape index (κ1) is 28.5. The predicted molar refractivity (Wildman–Crippen MR) is 148 cm³/mol. The molecule has 0 atom stereocenters. The number of carbonyl (C=O) groups excluding carboxylic acids is 1. The van der Waals surface area contributed by atoms with Crippen molar-refractivity contribution in [2.75, 3.05) is 24.2 Å². The molecule has 3 aromatic rings. The maximum atomic E-state index is 13.7. The van der Waals surface area contributed by atoms with E-state index in [1.54, 1.807) is 35.2 Å². The molecule has 3 rings (SSSR count). The molecule has 0 fully saturated rings. The second-order valence-corrected chi connectivity index (χ2v) is 11.7. The van der Waals surface area contributed by atoms with Gasteiger partial charge in [0.1, 0.15) is 5.69 Å². The number of sulfonamides is 1. The highest BCUT2D eigenvalue weighted by Crippen LogP contribution is 2.32. The third-order valence-electron chi connectivity index (χ3n) is 5.71. The van der Waals surface area contributed by atoms with Crippen molar-refractivity contribution >= 4 is 56.4 Å². The van der Waals surface area contributed by atoms with Crippen LogP contribution in [0.4, 0.5) is 5.69 Å². The summed E-state index contributed by atoms with van der Waals surface area (Å²) in [4.78, 5) is 15.3. The van der Waals surface area contributed by atoms with Crippen molar-refractivity contribution in [1.82, 2.24) is 14.9 Å². The zero-order valence-electron chi connectivity index (χ0n) is 20.2. The molecule has 0 aliphatic rings. The Balaban J connectivity index is 1.71. The van der Waals surface area contributed by atoms with E-state index < -0.39 is 10.0 Å². The second kappa shape index (κ2) is 12.9. The van der Waals surface area contributed by atoms with Crippen molar-refractivity contribution in [3.8, 4) is 11.3 Å². The lowest BCUT2D eigenvalue weighted by atomic mass is 10.1. The maximum absolute atomic E-state index is 13.7. The fourth-order valence-corrected chi connectivity index (χ4v) is 5.00. The lowest BCUT2D eigenvalue weighted by Gasteiger charge is -2.24. The SMILES string of the molecule is Cc1c(-c2ccc(Cl)cc2)n[nH]c1C(=O)N(CCCCCCCNS(C)(=O)=O)c1ccc(Cl)cc1Cl. The normalized spacial score (nSPS) is 11.6. The summed E-state index contributed by atoms with van der Waals surface area (Å²) in [5, 5.41) is 8.79. The highest BCUT2D eigenvalue weighted by molar-refractivity contribution is 7.88. The van der Waals surface area contributed by atoms with Gasteiger partial charge in [-0.05, 0) is 50.1 Å². The summed E-state index contributed by atoms with van der Waals surface area (Å²) in [7, 11) is -3.16. The molecular formula is C25H29Cl3N4O3S. The molecule has 11 heteroatoms. The average molecular weight is 572 g/mol. The van der Waals surface area contributed by atoms with Crippen LogP contribution in [0.5, 0.6) is 0 Å². The molecule has 0 saturated carbocycles. The highest BCUT2D eigenvalue weighted by atomic mass is 35.5. The van der Waals surface area contributed by atoms with E-state index in [2.05, 4.69) is 14.9 Å². The summed E-state index contributed by atoms with van der Waals surface area (Å²) >= 11 is 18.6. The van der Waals surface area contributed by atoms with Crippen LogP contribution in [-0.2, 0) is 10.0 Å². The van der Waals surface area contributed by atoms with Gasteiger partial charge in [-0.3, -0.25) is 9.89 Å². The van der Waals surface area contributed by atoms with Crippen molar-refractivity contribution in [2.45, 2.75) is 39.0 Å². The molecule has 0 radical (unpaired) electrons. The molecule has 1 heterocycles. The number of hydrogen-bond donors (Lipinski definition) is 2. The third-order valence-corrected chi connectivity index (χ3v) is 7.23. The van der Waals surface area contributed by atoms with Gasteiger partial charge in [0, 0.05) is 34.3 Å². The molecule has 1 amide bonds. The van der Waals surface area contributed by atoms with Gasteiger partial charge in [-0.2, -0.15) is 5.10 Å². The molecule has 0 bridgehead atoms. The van der Waals surface area contributed by atoms with Gasteiger partial charge in [0.05, 0.1) is 22.7 Å². The molecule has 0 aliphatic heterocycles. The van der Waals surface area contributed by atoms with E-state index in [1.807, 2.05) is 19.1 Å². The van der Waals surface area contributed by atoms with Gasteiger partial charge in [0.15, 0.2) is 0 Å². The van der Waals surface area contributed by atoms with Gasteiger partial charge in [-0.15, -0.1) is 0 Å². The molecule has 36 heavy (non-hydrogen) atoms. The number of H-pyrrole nitrogens is 1. The molecule has 0 saturated heterocycles. The van der Waals surface area contributed by atoms with Crippen LogP contribution in [0.15, 0.2) is 42.5 Å². The lowest BCUT2D eigenvalue weighted by molar-refractivity contribution is 0.0981. The molecule has 0 spiro atoms. The van der Waals surface area contributed by atoms with Crippen LogP contribution in [0.2, 0.25) is 15.1 Å². The summed E-state index contributed by atoms with van der Waals surface area (Å²) in [5.74, 6) is -0.234. The van der Waals surface area contributed by atoms with Crippen LogP contribution in [0.3, 0.4) is 0 Å². The van der Waals surface area contributed by atoms with E-state index in [9.17, 15) is 13.2 Å². The van der Waals surface area contributed by atoms with Gasteiger partial charge in [-0.1, -0.05) is 66.2 Å². The van der Waals surface area contributed by atoms with Gasteiger partial charge in [-0.25, -0.2) is 13.1 Å². The van der Waals surface area contributed by atoms with Gasteiger partial charge in [0.2, 0.25) is 10.0 Å². The van der Waals surface area contributed by atoms with Crippen LogP contribution >= 0.6 is 34.8 Å². The zero-order valence-corrected chi connectivity index (χ0v) is 23.2. The highest BCUT2D eigenvalue weighted by Gasteiger charge is 2.25. The molecule has 0 unspecified atom stereocenters. The summed E-state index contributed by atoms with van der Waals surface area (Å²) in [6, 6.07) is 12.3. The Morgan fingerprint density at radius 1 is 0.972 bits per heavy atom. The lowest BCUT2D eigenvalue weighted by Crippen LogP contribution is -2.33. The molecule has 0 aliphatic carbocycles. The molecule has 7 nitrogen and oxygen atoms in total. The zero-order chi connectivity index (χ0) is 26.3. The summed E-state index contributed by atoms with van der Waals surface area (Å²) in [5.41, 5.74) is 3.23. The number of halogens is 3. The summed E-state index contributed by atoms with van der Waals surface area (Å²) < 4.78 is 24.8. The Labute approximate surface area is 227 Å². The first-order valence-electron chi connectivity index (χ1n) is 11.6. The smallest absolute Gasteiger partial charge is 0.276 e. The number of rotatable bonds is 12. The number of nitrogens with one attached hydrogen (secondary N) is 2. The van der Waals surface area contributed by atoms with E-state index in [0.717, 1.165) is 49.5 Å². The van der Waals surface area contributed by atoms with Gasteiger partial charge in [0.25, 0.3) is 5.91 Å². The molecule has 1 aromatic heterocycles. The number of aromatic amines is 1.